The molecule has 3 heteroatoms. The molecule has 0 aliphatic heterocycles. The number of alkyl halides is 1. The van der Waals surface area contributed by atoms with Crippen molar-refractivity contribution in [2.45, 2.75) is 32.2 Å². The minimum absolute atomic E-state index is 0.230. The molecule has 0 saturated heterocycles. The van der Waals surface area contributed by atoms with E-state index in [9.17, 15) is 9.18 Å². The first kappa shape index (κ1) is 8.50. The highest BCUT2D eigenvalue weighted by Gasteiger charge is 2.22. The molecule has 0 aromatic heterocycles. The fraction of sp³-hybridized carbons (Fsp3) is 0.875. The second-order valence-electron chi connectivity index (χ2n) is 3.32. The van der Waals surface area contributed by atoms with Gasteiger partial charge in [-0.1, -0.05) is 6.92 Å². The predicted octanol–water partition coefficient (Wildman–Crippen LogP) is 1.26. The van der Waals surface area contributed by atoms with E-state index < -0.39 is 12.6 Å². The van der Waals surface area contributed by atoms with Gasteiger partial charge in [-0.05, 0) is 25.2 Å². The topological polar surface area (TPSA) is 29.1 Å². The Labute approximate surface area is 66.2 Å². The quantitative estimate of drug-likeness (QED) is 0.645. The first-order valence-corrected chi connectivity index (χ1v) is 4.07. The van der Waals surface area contributed by atoms with Gasteiger partial charge in [0.1, 0.15) is 0 Å². The van der Waals surface area contributed by atoms with Crippen LogP contribution >= 0.6 is 0 Å². The zero-order chi connectivity index (χ0) is 8.27. The van der Waals surface area contributed by atoms with E-state index in [-0.39, 0.29) is 6.04 Å². The van der Waals surface area contributed by atoms with Gasteiger partial charge in [-0.2, -0.15) is 0 Å². The summed E-state index contributed by atoms with van der Waals surface area (Å²) in [6, 6.07) is 0.230. The molecule has 64 valence electrons. The van der Waals surface area contributed by atoms with Gasteiger partial charge in [0.25, 0.3) is 5.91 Å². The van der Waals surface area contributed by atoms with Crippen LogP contribution in [-0.2, 0) is 4.79 Å². The second-order valence-corrected chi connectivity index (χ2v) is 3.32. The van der Waals surface area contributed by atoms with Crippen LogP contribution in [0.15, 0.2) is 0 Å². The van der Waals surface area contributed by atoms with Gasteiger partial charge < -0.3 is 5.32 Å². The highest BCUT2D eigenvalue weighted by atomic mass is 19.1. The van der Waals surface area contributed by atoms with Gasteiger partial charge >= 0.3 is 0 Å². The van der Waals surface area contributed by atoms with Crippen LogP contribution in [-0.4, -0.2) is 18.6 Å². The summed E-state index contributed by atoms with van der Waals surface area (Å²) >= 11 is 0. The molecule has 2 atom stereocenters. The summed E-state index contributed by atoms with van der Waals surface area (Å²) in [6.07, 6.45) is 3.16. The van der Waals surface area contributed by atoms with E-state index in [0.29, 0.717) is 5.92 Å². The minimum Gasteiger partial charge on any atom is -0.351 e. The van der Waals surface area contributed by atoms with Crippen LogP contribution in [0.1, 0.15) is 26.2 Å². The van der Waals surface area contributed by atoms with E-state index in [1.54, 1.807) is 0 Å². The molecule has 0 aromatic carbocycles. The number of rotatable bonds is 2. The molecule has 1 rings (SSSR count). The summed E-state index contributed by atoms with van der Waals surface area (Å²) in [5.74, 6) is 0.212. The number of halogens is 1. The van der Waals surface area contributed by atoms with Gasteiger partial charge in [-0.25, -0.2) is 4.39 Å². The van der Waals surface area contributed by atoms with Crippen molar-refractivity contribution in [1.82, 2.24) is 5.32 Å². The molecule has 0 aromatic rings. The summed E-state index contributed by atoms with van der Waals surface area (Å²) in [6.45, 7) is 1.27. The average molecular weight is 159 g/mol. The van der Waals surface area contributed by atoms with E-state index in [2.05, 4.69) is 12.2 Å². The fourth-order valence-electron chi connectivity index (χ4n) is 1.60. The Morgan fingerprint density at radius 2 is 2.36 bits per heavy atom. The standard InChI is InChI=1S/C8H14FNO/c1-6-2-3-7(4-6)10-8(11)5-9/h6-7H,2-5H2,1H3,(H,10,11)/t6-,7+/m0/s1. The van der Waals surface area contributed by atoms with E-state index >= 15 is 0 Å². The van der Waals surface area contributed by atoms with Crippen molar-refractivity contribution in [2.75, 3.05) is 6.67 Å². The summed E-state index contributed by atoms with van der Waals surface area (Å²) in [4.78, 5) is 10.6. The van der Waals surface area contributed by atoms with Crippen LogP contribution < -0.4 is 5.32 Å². The Morgan fingerprint density at radius 3 is 2.82 bits per heavy atom. The number of carbonyl (C=O) groups excluding carboxylic acids is 1. The zero-order valence-corrected chi connectivity index (χ0v) is 6.77. The predicted molar refractivity (Wildman–Crippen MR) is 40.9 cm³/mol. The van der Waals surface area contributed by atoms with Crippen LogP contribution in [0.4, 0.5) is 4.39 Å². The third-order valence-electron chi connectivity index (χ3n) is 2.18. The average Bonchev–Trinajstić information content (AvgIpc) is 2.35. The maximum atomic E-state index is 11.7. The molecule has 1 N–H and O–H groups in total. The van der Waals surface area contributed by atoms with Gasteiger partial charge in [-0.15, -0.1) is 0 Å². The van der Waals surface area contributed by atoms with Crippen molar-refractivity contribution in [3.63, 3.8) is 0 Å². The molecule has 11 heavy (non-hydrogen) atoms. The Hall–Kier alpha value is -0.600. The van der Waals surface area contributed by atoms with Gasteiger partial charge in [-0.3, -0.25) is 4.79 Å². The molecule has 1 saturated carbocycles. The molecule has 0 heterocycles. The Kier molecular flexibility index (Phi) is 2.85. The van der Waals surface area contributed by atoms with Crippen LogP contribution in [0.2, 0.25) is 0 Å². The van der Waals surface area contributed by atoms with Crippen molar-refractivity contribution in [2.24, 2.45) is 5.92 Å². The Balaban J connectivity index is 2.23. The summed E-state index contributed by atoms with van der Waals surface area (Å²) in [5, 5.41) is 2.64. The van der Waals surface area contributed by atoms with Crippen molar-refractivity contribution in [1.29, 1.82) is 0 Å². The van der Waals surface area contributed by atoms with Crippen LogP contribution in [0.3, 0.4) is 0 Å². The number of hydrogen-bond donors (Lipinski definition) is 1. The first-order valence-electron chi connectivity index (χ1n) is 4.07. The molecule has 1 amide bonds. The van der Waals surface area contributed by atoms with Gasteiger partial charge in [0.05, 0.1) is 0 Å². The monoisotopic (exact) mass is 159 g/mol. The highest BCUT2D eigenvalue weighted by molar-refractivity contribution is 5.77. The summed E-state index contributed by atoms with van der Waals surface area (Å²) < 4.78 is 11.7. The van der Waals surface area contributed by atoms with Crippen LogP contribution in [0, 0.1) is 5.92 Å². The Bertz CT molecular complexity index is 149. The van der Waals surface area contributed by atoms with Crippen LogP contribution in [0.25, 0.3) is 0 Å². The van der Waals surface area contributed by atoms with Gasteiger partial charge in [0.15, 0.2) is 6.67 Å². The number of carbonyl (C=O) groups is 1. The van der Waals surface area contributed by atoms with Gasteiger partial charge in [0.2, 0.25) is 0 Å². The van der Waals surface area contributed by atoms with Crippen molar-refractivity contribution in [3.8, 4) is 0 Å². The number of nitrogens with one attached hydrogen (secondary N) is 1. The van der Waals surface area contributed by atoms with E-state index in [1.165, 1.54) is 0 Å². The third kappa shape index (κ3) is 2.48. The lowest BCUT2D eigenvalue weighted by atomic mass is 10.1. The lowest BCUT2D eigenvalue weighted by Crippen LogP contribution is -2.33. The number of amides is 1. The Morgan fingerprint density at radius 1 is 1.64 bits per heavy atom. The molecule has 1 fully saturated rings. The van der Waals surface area contributed by atoms with E-state index in [4.69, 9.17) is 0 Å². The SMILES string of the molecule is C[C@H]1CC[C@@H](NC(=O)CF)C1. The fourth-order valence-corrected chi connectivity index (χ4v) is 1.60. The number of hydrogen-bond acceptors (Lipinski definition) is 1. The zero-order valence-electron chi connectivity index (χ0n) is 6.77. The molecule has 0 unspecified atom stereocenters. The van der Waals surface area contributed by atoms with Crippen molar-refractivity contribution in [3.05, 3.63) is 0 Å². The molecule has 1 aliphatic carbocycles. The third-order valence-corrected chi connectivity index (χ3v) is 2.18. The molecule has 0 bridgehead atoms. The molecule has 1 aliphatic rings. The van der Waals surface area contributed by atoms with E-state index in [0.717, 1.165) is 19.3 Å². The maximum absolute atomic E-state index is 11.7. The normalized spacial score (nSPS) is 30.4. The first-order chi connectivity index (χ1) is 5.22. The van der Waals surface area contributed by atoms with Crippen molar-refractivity contribution >= 4 is 5.91 Å². The summed E-state index contributed by atoms with van der Waals surface area (Å²) in [7, 11) is 0. The second kappa shape index (κ2) is 3.69. The minimum atomic E-state index is -0.884. The molecular formula is C8H14FNO. The summed E-state index contributed by atoms with van der Waals surface area (Å²) in [5.41, 5.74) is 0. The molecule has 2 nitrogen and oxygen atoms in total. The molecule has 0 radical (unpaired) electrons. The smallest absolute Gasteiger partial charge is 0.251 e. The maximum Gasteiger partial charge on any atom is 0.251 e. The highest BCUT2D eigenvalue weighted by Crippen LogP contribution is 2.24. The van der Waals surface area contributed by atoms with E-state index in [1.807, 2.05) is 0 Å². The largest absolute Gasteiger partial charge is 0.351 e. The molecular weight excluding hydrogens is 145 g/mol. The van der Waals surface area contributed by atoms with Crippen LogP contribution in [0.5, 0.6) is 0 Å². The van der Waals surface area contributed by atoms with Crippen molar-refractivity contribution < 1.29 is 9.18 Å². The van der Waals surface area contributed by atoms with Gasteiger partial charge in [0, 0.05) is 6.04 Å². The lowest BCUT2D eigenvalue weighted by Gasteiger charge is -2.09. The lowest BCUT2D eigenvalue weighted by molar-refractivity contribution is -0.122. The molecule has 0 spiro atoms.